The molecule has 268 valence electrons. The molecule has 0 spiro atoms. The number of pyridine rings is 1. The molecule has 3 heterocycles. The van der Waals surface area contributed by atoms with Gasteiger partial charge < -0.3 is 29.0 Å². The van der Waals surface area contributed by atoms with Crippen LogP contribution >= 0.6 is 0 Å². The van der Waals surface area contributed by atoms with Gasteiger partial charge in [-0.1, -0.05) is 19.6 Å². The minimum absolute atomic E-state index is 0.0541. The van der Waals surface area contributed by atoms with Crippen molar-refractivity contribution in [1.82, 2.24) is 29.5 Å². The summed E-state index contributed by atoms with van der Waals surface area (Å²) in [6.07, 6.45) is -7.97. The van der Waals surface area contributed by atoms with Crippen molar-refractivity contribution >= 4 is 36.3 Å². The van der Waals surface area contributed by atoms with Gasteiger partial charge in [0.25, 0.3) is 5.92 Å². The van der Waals surface area contributed by atoms with Gasteiger partial charge in [0.2, 0.25) is 0 Å². The fourth-order valence-corrected chi connectivity index (χ4v) is 6.33. The SMILES string of the molecule is COC[C@H](c1ccc2c(n1)nc([C@@H](N[S@](=O)C(C)(C)C)[C@@H](C)O[C@H](C)C(F)(F)F)n2COCC[Si](C)(C)C)N1CC(F)(F)CNC1=O. The standard InChI is InChI=1S/C29H47F5N6O5SSi/c1-18(45-19(2)29(32,33)34)23(38-46(42)27(3,4)5)25-37-24-21(40(25)17-44-12-13-47(7,8)9)11-10-20(36-24)22(14-43-6)39-16-28(30,31)15-35-26(39)41/h10-11,18-19,22-23,38H,12-17H2,1-9H3,(H,35,41)/t18-,19-,22-,23+,46-/m1/s1. The second-order valence-electron chi connectivity index (χ2n) is 13.9. The van der Waals surface area contributed by atoms with Gasteiger partial charge in [-0.3, -0.25) is 0 Å². The lowest BCUT2D eigenvalue weighted by Crippen LogP contribution is -2.58. The Hall–Kier alpha value is -2.25. The van der Waals surface area contributed by atoms with Crippen molar-refractivity contribution in [2.75, 3.05) is 33.4 Å². The molecule has 5 atom stereocenters. The Morgan fingerprint density at radius 1 is 1.15 bits per heavy atom. The number of amides is 2. The Balaban J connectivity index is 2.15. The number of halogens is 5. The Labute approximate surface area is 275 Å². The minimum atomic E-state index is -4.65. The molecular formula is C29H47F5N6O5SSi. The average molecular weight is 715 g/mol. The second-order valence-corrected chi connectivity index (χ2v) is 21.6. The molecule has 2 N–H and O–H groups in total. The normalized spacial score (nSPS) is 19.4. The van der Waals surface area contributed by atoms with E-state index < -0.39 is 79.3 Å². The van der Waals surface area contributed by atoms with Gasteiger partial charge in [-0.2, -0.15) is 13.2 Å². The summed E-state index contributed by atoms with van der Waals surface area (Å²) in [6.45, 7) is 12.6. The molecule has 0 saturated carbocycles. The Kier molecular flexibility index (Phi) is 12.6. The quantitative estimate of drug-likeness (QED) is 0.141. The summed E-state index contributed by atoms with van der Waals surface area (Å²) in [5.41, 5.74) is 0.743. The van der Waals surface area contributed by atoms with Crippen molar-refractivity contribution in [2.45, 2.75) is 108 Å². The number of carbonyl (C=O) groups excluding carboxylic acids is 1. The van der Waals surface area contributed by atoms with E-state index in [4.69, 9.17) is 14.2 Å². The van der Waals surface area contributed by atoms with E-state index >= 15 is 0 Å². The number of nitrogens with zero attached hydrogens (tertiary/aromatic N) is 4. The van der Waals surface area contributed by atoms with Crippen molar-refractivity contribution in [3.8, 4) is 0 Å². The van der Waals surface area contributed by atoms with Crippen molar-refractivity contribution < 1.29 is 45.2 Å². The van der Waals surface area contributed by atoms with E-state index in [1.54, 1.807) is 37.5 Å². The Bertz CT molecular complexity index is 1400. The molecule has 3 rings (SSSR count). The molecule has 2 amide bonds. The van der Waals surface area contributed by atoms with Gasteiger partial charge in [0.05, 0.1) is 58.8 Å². The van der Waals surface area contributed by atoms with Crippen LogP contribution in [0.3, 0.4) is 0 Å². The summed E-state index contributed by atoms with van der Waals surface area (Å²) < 4.78 is 103. The number of ether oxygens (including phenoxy) is 3. The van der Waals surface area contributed by atoms with E-state index in [0.29, 0.717) is 12.1 Å². The van der Waals surface area contributed by atoms with Crippen molar-refractivity contribution in [3.63, 3.8) is 0 Å². The first-order chi connectivity index (χ1) is 21.5. The molecule has 0 aliphatic carbocycles. The summed E-state index contributed by atoms with van der Waals surface area (Å²) in [5, 5.41) is 2.19. The number of imidazole rings is 1. The van der Waals surface area contributed by atoms with Crippen LogP contribution in [-0.2, 0) is 31.9 Å². The van der Waals surface area contributed by atoms with Crippen LogP contribution in [-0.4, -0.2) is 100 Å². The number of nitrogens with one attached hydrogen (secondary N) is 2. The molecule has 0 aromatic carbocycles. The summed E-state index contributed by atoms with van der Waals surface area (Å²) in [7, 11) is -1.87. The third-order valence-electron chi connectivity index (χ3n) is 7.50. The van der Waals surface area contributed by atoms with Crippen LogP contribution in [0.25, 0.3) is 11.2 Å². The predicted octanol–water partition coefficient (Wildman–Crippen LogP) is 5.54. The molecule has 2 aromatic rings. The van der Waals surface area contributed by atoms with E-state index in [2.05, 4.69) is 39.6 Å². The highest BCUT2D eigenvalue weighted by Crippen LogP contribution is 2.32. The topological polar surface area (TPSA) is 120 Å². The molecule has 1 saturated heterocycles. The summed E-state index contributed by atoms with van der Waals surface area (Å²) in [4.78, 5) is 22.9. The number of carbonyl (C=O) groups is 1. The van der Waals surface area contributed by atoms with Gasteiger partial charge in [0, 0.05) is 21.8 Å². The van der Waals surface area contributed by atoms with E-state index in [1.807, 2.05) is 0 Å². The lowest BCUT2D eigenvalue weighted by molar-refractivity contribution is -0.227. The minimum Gasteiger partial charge on any atom is -0.382 e. The molecule has 0 unspecified atom stereocenters. The Morgan fingerprint density at radius 3 is 2.38 bits per heavy atom. The van der Waals surface area contributed by atoms with Crippen molar-refractivity contribution in [3.05, 3.63) is 23.7 Å². The van der Waals surface area contributed by atoms with E-state index in [9.17, 15) is 31.0 Å². The van der Waals surface area contributed by atoms with Crippen LogP contribution in [0.2, 0.25) is 25.7 Å². The fourth-order valence-electron chi connectivity index (χ4n) is 4.69. The number of methoxy groups -OCH3 is 1. The number of fused-ring (bicyclic) bond motifs is 1. The first-order valence-electron chi connectivity index (χ1n) is 15.3. The highest BCUT2D eigenvalue weighted by Gasteiger charge is 2.43. The van der Waals surface area contributed by atoms with Gasteiger partial charge in [0.15, 0.2) is 11.8 Å². The number of hydrogen-bond acceptors (Lipinski definition) is 7. The highest BCUT2D eigenvalue weighted by molar-refractivity contribution is 7.84. The molecule has 1 aliphatic heterocycles. The maximum atomic E-state index is 14.3. The zero-order chi connectivity index (χ0) is 35.5. The van der Waals surface area contributed by atoms with E-state index in [1.165, 1.54) is 14.0 Å². The molecule has 0 radical (unpaired) electrons. The summed E-state index contributed by atoms with van der Waals surface area (Å²) in [5.74, 6) is -3.03. The number of aromatic nitrogens is 3. The maximum Gasteiger partial charge on any atom is 0.414 e. The number of hydrogen-bond donors (Lipinski definition) is 2. The highest BCUT2D eigenvalue weighted by atomic mass is 32.2. The van der Waals surface area contributed by atoms with Gasteiger partial charge >= 0.3 is 12.2 Å². The number of alkyl halides is 5. The summed E-state index contributed by atoms with van der Waals surface area (Å²) in [6, 6.07) is 1.18. The smallest absolute Gasteiger partial charge is 0.382 e. The first-order valence-corrected chi connectivity index (χ1v) is 20.2. The molecular weight excluding hydrogens is 667 g/mol. The zero-order valence-electron chi connectivity index (χ0n) is 28.3. The summed E-state index contributed by atoms with van der Waals surface area (Å²) >= 11 is 0. The molecule has 47 heavy (non-hydrogen) atoms. The third-order valence-corrected chi connectivity index (χ3v) is 10.8. The van der Waals surface area contributed by atoms with Crippen LogP contribution in [0.1, 0.15) is 58.2 Å². The van der Waals surface area contributed by atoms with E-state index in [0.717, 1.165) is 17.9 Å². The zero-order valence-corrected chi connectivity index (χ0v) is 30.2. The van der Waals surface area contributed by atoms with Gasteiger partial charge in [-0.05, 0) is 52.8 Å². The van der Waals surface area contributed by atoms with Gasteiger partial charge in [-0.15, -0.1) is 0 Å². The van der Waals surface area contributed by atoms with Gasteiger partial charge in [0.1, 0.15) is 18.6 Å². The van der Waals surface area contributed by atoms with Crippen LogP contribution in [0, 0.1) is 0 Å². The van der Waals surface area contributed by atoms with Crippen LogP contribution in [0.4, 0.5) is 26.7 Å². The van der Waals surface area contributed by atoms with Gasteiger partial charge in [-0.25, -0.2) is 32.5 Å². The Morgan fingerprint density at radius 2 is 1.81 bits per heavy atom. The molecule has 0 bridgehead atoms. The third kappa shape index (κ3) is 10.6. The second kappa shape index (κ2) is 15.1. The predicted molar refractivity (Wildman–Crippen MR) is 171 cm³/mol. The fraction of sp³-hybridized carbons (Fsp3) is 0.759. The van der Waals surface area contributed by atoms with Crippen molar-refractivity contribution in [1.29, 1.82) is 0 Å². The average Bonchev–Trinajstić information content (AvgIpc) is 3.29. The van der Waals surface area contributed by atoms with Crippen LogP contribution < -0.4 is 10.0 Å². The molecule has 2 aromatic heterocycles. The van der Waals surface area contributed by atoms with Crippen LogP contribution in [0.5, 0.6) is 0 Å². The van der Waals surface area contributed by atoms with E-state index in [-0.39, 0.29) is 30.5 Å². The lowest BCUT2D eigenvalue weighted by atomic mass is 10.1. The molecule has 1 fully saturated rings. The monoisotopic (exact) mass is 714 g/mol. The van der Waals surface area contributed by atoms with Crippen LogP contribution in [0.15, 0.2) is 12.1 Å². The number of rotatable bonds is 15. The maximum absolute atomic E-state index is 14.3. The molecule has 11 nitrogen and oxygen atoms in total. The molecule has 18 heteroatoms. The first kappa shape index (κ1) is 39.2. The largest absolute Gasteiger partial charge is 0.414 e. The molecule has 1 aliphatic rings. The number of urea groups is 1. The lowest BCUT2D eigenvalue weighted by Gasteiger charge is -2.37. The van der Waals surface area contributed by atoms with Crippen molar-refractivity contribution in [2.24, 2.45) is 0 Å².